The van der Waals surface area contributed by atoms with Crippen LogP contribution in [0.5, 0.6) is 0 Å². The van der Waals surface area contributed by atoms with E-state index in [-0.39, 0.29) is 11.0 Å². The number of H-pyrrole nitrogens is 1. The van der Waals surface area contributed by atoms with Gasteiger partial charge < -0.3 is 10.3 Å². The van der Waals surface area contributed by atoms with Gasteiger partial charge >= 0.3 is 0 Å². The van der Waals surface area contributed by atoms with Gasteiger partial charge in [-0.25, -0.2) is 4.98 Å². The predicted molar refractivity (Wildman–Crippen MR) is 69.3 cm³/mol. The zero-order valence-corrected chi connectivity index (χ0v) is 10.8. The third-order valence-electron chi connectivity index (χ3n) is 3.70. The minimum Gasteiger partial charge on any atom is -0.367 e. The Hall–Kier alpha value is -1.32. The van der Waals surface area contributed by atoms with Crippen LogP contribution in [0.3, 0.4) is 0 Å². The molecule has 0 bridgehead atoms. The molecule has 0 aliphatic heterocycles. The number of aryl methyl sites for hydroxylation is 1. The SMILES string of the molecule is CCc1nc(NC2CCCC2(C)C)cc(=O)[nH]1. The highest BCUT2D eigenvalue weighted by molar-refractivity contribution is 5.35. The van der Waals surface area contributed by atoms with E-state index >= 15 is 0 Å². The van der Waals surface area contributed by atoms with Crippen molar-refractivity contribution in [1.29, 1.82) is 0 Å². The van der Waals surface area contributed by atoms with Crippen molar-refractivity contribution in [3.8, 4) is 0 Å². The Kier molecular flexibility index (Phi) is 3.22. The second kappa shape index (κ2) is 4.51. The number of nitrogens with one attached hydrogen (secondary N) is 2. The van der Waals surface area contributed by atoms with Gasteiger partial charge in [-0.1, -0.05) is 27.2 Å². The van der Waals surface area contributed by atoms with Gasteiger partial charge in [0.25, 0.3) is 5.56 Å². The van der Waals surface area contributed by atoms with Gasteiger partial charge in [-0.3, -0.25) is 4.79 Å². The summed E-state index contributed by atoms with van der Waals surface area (Å²) in [6.45, 7) is 6.53. The summed E-state index contributed by atoms with van der Waals surface area (Å²) in [5.41, 5.74) is 0.214. The van der Waals surface area contributed by atoms with Gasteiger partial charge in [0.05, 0.1) is 0 Å². The lowest BCUT2D eigenvalue weighted by Crippen LogP contribution is -2.31. The highest BCUT2D eigenvalue weighted by Crippen LogP contribution is 2.38. The van der Waals surface area contributed by atoms with Gasteiger partial charge in [0.15, 0.2) is 0 Å². The largest absolute Gasteiger partial charge is 0.367 e. The van der Waals surface area contributed by atoms with Crippen LogP contribution in [0.2, 0.25) is 0 Å². The standard InChI is InChI=1S/C13H21N3O/c1-4-10-15-11(8-12(17)16-10)14-9-6-5-7-13(9,2)3/h8-9H,4-7H2,1-3H3,(H2,14,15,16,17). The van der Waals surface area contributed by atoms with Gasteiger partial charge in [-0.05, 0) is 18.3 Å². The number of nitrogens with zero attached hydrogens (tertiary/aromatic N) is 1. The number of hydrogen-bond acceptors (Lipinski definition) is 3. The first kappa shape index (κ1) is 12.1. The molecule has 0 radical (unpaired) electrons. The zero-order valence-electron chi connectivity index (χ0n) is 10.8. The van der Waals surface area contributed by atoms with E-state index in [9.17, 15) is 4.79 Å². The highest BCUT2D eigenvalue weighted by Gasteiger charge is 2.34. The Morgan fingerprint density at radius 1 is 1.59 bits per heavy atom. The minimum absolute atomic E-state index is 0.0739. The van der Waals surface area contributed by atoms with Crippen LogP contribution in [0.1, 0.15) is 45.9 Å². The number of rotatable bonds is 3. The Labute approximate surface area is 102 Å². The van der Waals surface area contributed by atoms with Crippen LogP contribution in [-0.4, -0.2) is 16.0 Å². The summed E-state index contributed by atoms with van der Waals surface area (Å²) in [6.07, 6.45) is 4.38. The first-order valence-electron chi connectivity index (χ1n) is 6.38. The Bertz CT molecular complexity index is 450. The molecule has 2 rings (SSSR count). The van der Waals surface area contributed by atoms with E-state index in [0.29, 0.717) is 11.9 Å². The second-order valence-electron chi connectivity index (χ2n) is 5.51. The van der Waals surface area contributed by atoms with Gasteiger partial charge in [0, 0.05) is 18.5 Å². The smallest absolute Gasteiger partial charge is 0.252 e. The van der Waals surface area contributed by atoms with E-state index in [0.717, 1.165) is 18.7 Å². The van der Waals surface area contributed by atoms with E-state index in [2.05, 4.69) is 29.1 Å². The van der Waals surface area contributed by atoms with Crippen LogP contribution in [0.4, 0.5) is 5.82 Å². The lowest BCUT2D eigenvalue weighted by Gasteiger charge is -2.28. The molecule has 0 spiro atoms. The fraction of sp³-hybridized carbons (Fsp3) is 0.692. The molecule has 0 amide bonds. The molecule has 1 fully saturated rings. The maximum absolute atomic E-state index is 11.5. The third-order valence-corrected chi connectivity index (χ3v) is 3.70. The van der Waals surface area contributed by atoms with Crippen LogP contribution in [0, 0.1) is 5.41 Å². The van der Waals surface area contributed by atoms with Crippen LogP contribution in [-0.2, 0) is 6.42 Å². The summed E-state index contributed by atoms with van der Waals surface area (Å²) < 4.78 is 0. The fourth-order valence-corrected chi connectivity index (χ4v) is 2.52. The molecule has 1 heterocycles. The summed E-state index contributed by atoms with van der Waals surface area (Å²) in [5, 5.41) is 3.42. The molecule has 1 atom stereocenters. The minimum atomic E-state index is -0.0739. The molecule has 4 nitrogen and oxygen atoms in total. The monoisotopic (exact) mass is 235 g/mol. The molecule has 1 aliphatic rings. The average Bonchev–Trinajstić information content (AvgIpc) is 2.57. The van der Waals surface area contributed by atoms with Crippen molar-refractivity contribution in [1.82, 2.24) is 9.97 Å². The van der Waals surface area contributed by atoms with Crippen LogP contribution in [0.25, 0.3) is 0 Å². The van der Waals surface area contributed by atoms with Crippen molar-refractivity contribution in [2.24, 2.45) is 5.41 Å². The summed E-state index contributed by atoms with van der Waals surface area (Å²) >= 11 is 0. The average molecular weight is 235 g/mol. The van der Waals surface area contributed by atoms with Crippen molar-refractivity contribution in [2.45, 2.75) is 52.5 Å². The normalized spacial score (nSPS) is 22.6. The third kappa shape index (κ3) is 2.68. The Morgan fingerprint density at radius 2 is 2.35 bits per heavy atom. The molecular formula is C13H21N3O. The lowest BCUT2D eigenvalue weighted by molar-refractivity contribution is 0.349. The van der Waals surface area contributed by atoms with Gasteiger partial charge in [-0.15, -0.1) is 0 Å². The molecule has 1 aromatic rings. The van der Waals surface area contributed by atoms with Crippen LogP contribution < -0.4 is 10.9 Å². The number of aromatic nitrogens is 2. The number of hydrogen-bond donors (Lipinski definition) is 2. The Balaban J connectivity index is 2.18. The highest BCUT2D eigenvalue weighted by atomic mass is 16.1. The molecule has 0 aromatic carbocycles. The quantitative estimate of drug-likeness (QED) is 0.845. The van der Waals surface area contributed by atoms with Crippen molar-refractivity contribution in [2.75, 3.05) is 5.32 Å². The van der Waals surface area contributed by atoms with E-state index in [1.165, 1.54) is 12.8 Å². The summed E-state index contributed by atoms with van der Waals surface area (Å²) in [7, 11) is 0. The second-order valence-corrected chi connectivity index (χ2v) is 5.51. The molecule has 0 saturated heterocycles. The van der Waals surface area contributed by atoms with E-state index < -0.39 is 0 Å². The molecule has 1 unspecified atom stereocenters. The Morgan fingerprint density at radius 3 is 2.94 bits per heavy atom. The first-order valence-corrected chi connectivity index (χ1v) is 6.38. The molecule has 1 aromatic heterocycles. The summed E-state index contributed by atoms with van der Waals surface area (Å²) in [5.74, 6) is 1.46. The lowest BCUT2D eigenvalue weighted by atomic mass is 9.87. The number of anilines is 1. The van der Waals surface area contributed by atoms with E-state index in [1.54, 1.807) is 6.07 Å². The van der Waals surface area contributed by atoms with Crippen LogP contribution in [0.15, 0.2) is 10.9 Å². The predicted octanol–water partition coefficient (Wildman–Crippen LogP) is 2.32. The van der Waals surface area contributed by atoms with E-state index in [4.69, 9.17) is 0 Å². The molecular weight excluding hydrogens is 214 g/mol. The molecule has 4 heteroatoms. The molecule has 17 heavy (non-hydrogen) atoms. The van der Waals surface area contributed by atoms with Gasteiger partial charge in [-0.2, -0.15) is 0 Å². The zero-order chi connectivity index (χ0) is 12.5. The van der Waals surface area contributed by atoms with Gasteiger partial charge in [0.2, 0.25) is 0 Å². The molecule has 94 valence electrons. The molecule has 2 N–H and O–H groups in total. The number of aromatic amines is 1. The van der Waals surface area contributed by atoms with Crippen molar-refractivity contribution in [3.63, 3.8) is 0 Å². The molecule has 1 saturated carbocycles. The summed E-state index contributed by atoms with van der Waals surface area (Å²) in [4.78, 5) is 18.6. The van der Waals surface area contributed by atoms with Crippen molar-refractivity contribution in [3.05, 3.63) is 22.2 Å². The van der Waals surface area contributed by atoms with Crippen molar-refractivity contribution >= 4 is 5.82 Å². The van der Waals surface area contributed by atoms with E-state index in [1.807, 2.05) is 6.92 Å². The van der Waals surface area contributed by atoms with Gasteiger partial charge in [0.1, 0.15) is 11.6 Å². The first-order chi connectivity index (χ1) is 8.01. The van der Waals surface area contributed by atoms with Crippen molar-refractivity contribution < 1.29 is 0 Å². The fourth-order valence-electron chi connectivity index (χ4n) is 2.52. The maximum atomic E-state index is 11.5. The maximum Gasteiger partial charge on any atom is 0.252 e. The topological polar surface area (TPSA) is 57.8 Å². The van der Waals surface area contributed by atoms with Crippen LogP contribution >= 0.6 is 0 Å². The molecule has 1 aliphatic carbocycles. The summed E-state index contributed by atoms with van der Waals surface area (Å²) in [6, 6.07) is 1.97.